The highest BCUT2D eigenvalue weighted by atomic mass is 35.5. The van der Waals surface area contributed by atoms with E-state index in [4.69, 9.17) is 23.2 Å². The van der Waals surface area contributed by atoms with Crippen LogP contribution in [-0.4, -0.2) is 17.3 Å². The van der Waals surface area contributed by atoms with Crippen LogP contribution in [0.25, 0.3) is 6.08 Å². The Balaban J connectivity index is 2.66. The summed E-state index contributed by atoms with van der Waals surface area (Å²) in [6.45, 7) is 4.31. The second kappa shape index (κ2) is 11.2. The molecule has 0 amide bonds. The molecule has 0 fully saturated rings. The molecular formula is C18H24Cl2OS. The highest BCUT2D eigenvalue weighted by Gasteiger charge is 2.15. The van der Waals surface area contributed by atoms with E-state index in [1.165, 1.54) is 12.8 Å². The summed E-state index contributed by atoms with van der Waals surface area (Å²) in [7, 11) is 0. The van der Waals surface area contributed by atoms with Gasteiger partial charge in [0.25, 0.3) is 0 Å². The van der Waals surface area contributed by atoms with Crippen LogP contribution in [0.4, 0.5) is 0 Å². The lowest BCUT2D eigenvalue weighted by Gasteiger charge is -2.12. The maximum atomic E-state index is 12.4. The molecule has 1 aromatic carbocycles. The maximum Gasteiger partial charge on any atom is 0.159 e. The van der Waals surface area contributed by atoms with Crippen LogP contribution in [0.5, 0.6) is 0 Å². The topological polar surface area (TPSA) is 17.1 Å². The first kappa shape index (κ1) is 19.6. The molecule has 0 saturated heterocycles. The average Bonchev–Trinajstić information content (AvgIpc) is 2.51. The Labute approximate surface area is 148 Å². The van der Waals surface area contributed by atoms with Crippen molar-refractivity contribution < 1.29 is 4.79 Å². The molecular weight excluding hydrogens is 335 g/mol. The fourth-order valence-corrected chi connectivity index (χ4v) is 3.30. The number of carbonyl (C=O) groups is 1. The minimum atomic E-state index is 0.121. The van der Waals surface area contributed by atoms with Gasteiger partial charge in [-0.05, 0) is 35.9 Å². The fraction of sp³-hybridized carbons (Fsp3) is 0.500. The summed E-state index contributed by atoms with van der Waals surface area (Å²) < 4.78 is 0. The number of rotatable bonds is 10. The molecule has 0 aliphatic rings. The number of allylic oxidation sites excluding steroid dienone is 1. The minimum Gasteiger partial charge on any atom is -0.295 e. The van der Waals surface area contributed by atoms with Crippen LogP contribution in [0, 0.1) is 5.92 Å². The Morgan fingerprint density at radius 1 is 1.23 bits per heavy atom. The van der Waals surface area contributed by atoms with Crippen molar-refractivity contribution >= 4 is 46.8 Å². The quantitative estimate of drug-likeness (QED) is 0.349. The van der Waals surface area contributed by atoms with Crippen LogP contribution < -0.4 is 0 Å². The maximum absolute atomic E-state index is 12.4. The first-order chi connectivity index (χ1) is 10.6. The zero-order valence-electron chi connectivity index (χ0n) is 13.3. The highest BCUT2D eigenvalue weighted by molar-refractivity contribution is 7.99. The summed E-state index contributed by atoms with van der Waals surface area (Å²) in [5, 5.41) is 1.04. The van der Waals surface area contributed by atoms with Gasteiger partial charge in [-0.1, -0.05) is 68.5 Å². The Morgan fingerprint density at radius 2 is 2.00 bits per heavy atom. The molecule has 1 aromatic rings. The SMILES string of the molecule is CCCCC[C@@H](CSCC)C(=O)/C=C/c1ccc(Cl)c(Cl)c1. The smallest absolute Gasteiger partial charge is 0.159 e. The van der Waals surface area contributed by atoms with Crippen molar-refractivity contribution in [2.24, 2.45) is 5.92 Å². The van der Waals surface area contributed by atoms with E-state index >= 15 is 0 Å². The first-order valence-electron chi connectivity index (χ1n) is 7.83. The Bertz CT molecular complexity index is 500. The largest absolute Gasteiger partial charge is 0.295 e. The van der Waals surface area contributed by atoms with Crippen molar-refractivity contribution in [3.8, 4) is 0 Å². The van der Waals surface area contributed by atoms with Crippen molar-refractivity contribution in [1.29, 1.82) is 0 Å². The van der Waals surface area contributed by atoms with E-state index in [9.17, 15) is 4.79 Å². The molecule has 0 aromatic heterocycles. The van der Waals surface area contributed by atoms with E-state index in [1.54, 1.807) is 18.2 Å². The monoisotopic (exact) mass is 358 g/mol. The number of benzene rings is 1. The van der Waals surface area contributed by atoms with Crippen LogP contribution in [0.3, 0.4) is 0 Å². The van der Waals surface area contributed by atoms with Gasteiger partial charge in [-0.3, -0.25) is 4.79 Å². The molecule has 0 aliphatic carbocycles. The Hall–Kier alpha value is -0.440. The standard InChI is InChI=1S/C18H24Cl2OS/c1-3-5-6-7-15(13-22-4-2)18(21)11-9-14-8-10-16(19)17(20)12-14/h8-12,15H,3-7,13H2,1-2H3/b11-9+/t15-/m0/s1. The molecule has 22 heavy (non-hydrogen) atoms. The number of hydrogen-bond acceptors (Lipinski definition) is 2. The summed E-state index contributed by atoms with van der Waals surface area (Å²) >= 11 is 13.7. The zero-order valence-corrected chi connectivity index (χ0v) is 15.6. The van der Waals surface area contributed by atoms with Gasteiger partial charge in [0.15, 0.2) is 5.78 Å². The van der Waals surface area contributed by atoms with Gasteiger partial charge in [-0.15, -0.1) is 0 Å². The molecule has 4 heteroatoms. The van der Waals surface area contributed by atoms with Crippen LogP contribution in [0.15, 0.2) is 24.3 Å². The predicted molar refractivity (Wildman–Crippen MR) is 101 cm³/mol. The van der Waals surface area contributed by atoms with Crippen molar-refractivity contribution in [1.82, 2.24) is 0 Å². The van der Waals surface area contributed by atoms with Gasteiger partial charge in [0.1, 0.15) is 0 Å². The third kappa shape index (κ3) is 7.21. The molecule has 0 aliphatic heterocycles. The third-order valence-corrected chi connectivity index (χ3v) is 5.25. The molecule has 0 bridgehead atoms. The summed E-state index contributed by atoms with van der Waals surface area (Å²) in [6, 6.07) is 5.39. The molecule has 0 saturated carbocycles. The van der Waals surface area contributed by atoms with Crippen molar-refractivity contribution in [2.45, 2.75) is 39.5 Å². The van der Waals surface area contributed by atoms with Crippen molar-refractivity contribution in [2.75, 3.05) is 11.5 Å². The van der Waals surface area contributed by atoms with Crippen molar-refractivity contribution in [3.05, 3.63) is 39.9 Å². The van der Waals surface area contributed by atoms with Crippen LogP contribution in [0.1, 0.15) is 45.1 Å². The van der Waals surface area contributed by atoms with Crippen LogP contribution in [-0.2, 0) is 4.79 Å². The minimum absolute atomic E-state index is 0.121. The lowest BCUT2D eigenvalue weighted by Crippen LogP contribution is -2.15. The summed E-state index contributed by atoms with van der Waals surface area (Å²) in [5.74, 6) is 2.29. The number of thioether (sulfide) groups is 1. The summed E-state index contributed by atoms with van der Waals surface area (Å²) in [4.78, 5) is 12.4. The van der Waals surface area contributed by atoms with E-state index in [0.29, 0.717) is 10.0 Å². The normalized spacial score (nSPS) is 12.7. The van der Waals surface area contributed by atoms with Crippen molar-refractivity contribution in [3.63, 3.8) is 0 Å². The number of unbranched alkanes of at least 4 members (excludes halogenated alkanes) is 2. The molecule has 1 rings (SSSR count). The van der Waals surface area contributed by atoms with E-state index in [2.05, 4.69) is 13.8 Å². The molecule has 1 nitrogen and oxygen atoms in total. The Morgan fingerprint density at radius 3 is 2.64 bits per heavy atom. The number of halogens is 2. The molecule has 0 spiro atoms. The van der Waals surface area contributed by atoms with Crippen LogP contribution >= 0.6 is 35.0 Å². The second-order valence-electron chi connectivity index (χ2n) is 5.26. The average molecular weight is 359 g/mol. The summed E-state index contributed by atoms with van der Waals surface area (Å²) in [6.07, 6.45) is 7.99. The number of carbonyl (C=O) groups excluding carboxylic acids is 1. The number of ketones is 1. The second-order valence-corrected chi connectivity index (χ2v) is 7.39. The zero-order chi connectivity index (χ0) is 16.4. The summed E-state index contributed by atoms with van der Waals surface area (Å²) in [5.41, 5.74) is 0.901. The highest BCUT2D eigenvalue weighted by Crippen LogP contribution is 2.23. The molecule has 1 atom stereocenters. The predicted octanol–water partition coefficient (Wildman–Crippen LogP) is 6.53. The molecule has 0 radical (unpaired) electrons. The molecule has 0 N–H and O–H groups in total. The third-order valence-electron chi connectivity index (χ3n) is 3.47. The lowest BCUT2D eigenvalue weighted by molar-refractivity contribution is -0.117. The fourth-order valence-electron chi connectivity index (χ4n) is 2.14. The molecule has 122 valence electrons. The van der Waals surface area contributed by atoms with E-state index < -0.39 is 0 Å². The van der Waals surface area contributed by atoms with Gasteiger partial charge >= 0.3 is 0 Å². The van der Waals surface area contributed by atoms with Gasteiger partial charge in [-0.2, -0.15) is 11.8 Å². The van der Waals surface area contributed by atoms with E-state index in [1.807, 2.05) is 23.9 Å². The molecule has 0 unspecified atom stereocenters. The van der Waals surface area contributed by atoms with E-state index in [0.717, 1.165) is 29.9 Å². The van der Waals surface area contributed by atoms with Crippen LogP contribution in [0.2, 0.25) is 10.0 Å². The van der Waals surface area contributed by atoms with Gasteiger partial charge < -0.3 is 0 Å². The number of hydrogen-bond donors (Lipinski definition) is 0. The van der Waals surface area contributed by atoms with Gasteiger partial charge in [0.2, 0.25) is 0 Å². The van der Waals surface area contributed by atoms with Gasteiger partial charge in [0.05, 0.1) is 10.0 Å². The molecule has 0 heterocycles. The lowest BCUT2D eigenvalue weighted by atomic mass is 9.98. The van der Waals surface area contributed by atoms with Gasteiger partial charge in [0, 0.05) is 11.7 Å². The van der Waals surface area contributed by atoms with Gasteiger partial charge in [-0.25, -0.2) is 0 Å². The first-order valence-corrected chi connectivity index (χ1v) is 9.74. The van der Waals surface area contributed by atoms with E-state index in [-0.39, 0.29) is 11.7 Å². The Kier molecular flexibility index (Phi) is 9.94.